The van der Waals surface area contributed by atoms with Crippen molar-refractivity contribution in [2.45, 2.75) is 18.3 Å². The Morgan fingerprint density at radius 3 is 2.32 bits per heavy atom. The van der Waals surface area contributed by atoms with E-state index in [4.69, 9.17) is 5.11 Å². The summed E-state index contributed by atoms with van der Waals surface area (Å²) in [4.78, 5) is 13.1. The van der Waals surface area contributed by atoms with Gasteiger partial charge in [-0.05, 0) is 24.3 Å². The quantitative estimate of drug-likeness (QED) is 0.375. The van der Waals surface area contributed by atoms with Crippen LogP contribution in [0.5, 0.6) is 0 Å². The van der Waals surface area contributed by atoms with Gasteiger partial charge in [0.05, 0.1) is 23.2 Å². The van der Waals surface area contributed by atoms with E-state index in [1.165, 1.54) is 8.97 Å². The lowest BCUT2D eigenvalue weighted by atomic mass is 10.1. The van der Waals surface area contributed by atoms with Crippen molar-refractivity contribution in [1.82, 2.24) is 19.2 Å². The van der Waals surface area contributed by atoms with E-state index in [0.29, 0.717) is 16.6 Å². The van der Waals surface area contributed by atoms with Crippen molar-refractivity contribution in [1.29, 1.82) is 0 Å². The summed E-state index contributed by atoms with van der Waals surface area (Å²) in [6.45, 7) is -0.732. The van der Waals surface area contributed by atoms with Gasteiger partial charge in [0, 0.05) is 0 Å². The molecule has 9 nitrogen and oxygen atoms in total. The Hall–Kier alpha value is -3.11. The van der Waals surface area contributed by atoms with Gasteiger partial charge in [0.25, 0.3) is 5.56 Å². The normalized spacial score (nSPS) is 15.0. The van der Waals surface area contributed by atoms with Crippen LogP contribution in [0.25, 0.3) is 22.4 Å². The fourth-order valence-corrected chi connectivity index (χ4v) is 3.20. The summed E-state index contributed by atoms with van der Waals surface area (Å²) in [6.07, 6.45) is -4.89. The fraction of sp³-hybridized carbons (Fsp3) is 0.211. The minimum atomic E-state index is -1.69. The van der Waals surface area contributed by atoms with Crippen molar-refractivity contribution in [2.24, 2.45) is 0 Å². The molecule has 4 N–H and O–H groups in total. The molecule has 9 heteroatoms. The summed E-state index contributed by atoms with van der Waals surface area (Å²) in [5.74, 6) is 0.0884. The number of rotatable bonds is 5. The van der Waals surface area contributed by atoms with Gasteiger partial charge in [-0.2, -0.15) is 0 Å². The molecule has 4 rings (SSSR count). The number of aliphatic hydroxyl groups excluding tert-OH is 4. The molecular weight excluding hydrogens is 364 g/mol. The molecule has 0 aliphatic heterocycles. The highest BCUT2D eigenvalue weighted by Gasteiger charge is 2.30. The van der Waals surface area contributed by atoms with E-state index in [0.717, 1.165) is 0 Å². The Labute approximate surface area is 158 Å². The van der Waals surface area contributed by atoms with E-state index in [9.17, 15) is 20.1 Å². The third-order valence-electron chi connectivity index (χ3n) is 4.63. The standard InChI is InChI=1S/C19H18N4O5/c24-10-14(25)15(26)16(27)17-20-21-19-22(11-6-2-1-3-7-11)18(28)12-8-4-5-9-13(12)23(17)19/h1-9,14-16,24-27H,10H2/t14-,15-,16+/m1/s1. The lowest BCUT2D eigenvalue weighted by Crippen LogP contribution is -2.35. The van der Waals surface area contributed by atoms with Crippen LogP contribution < -0.4 is 5.56 Å². The number of hydrogen-bond acceptors (Lipinski definition) is 7. The van der Waals surface area contributed by atoms with Crippen LogP contribution in [0, 0.1) is 0 Å². The summed E-state index contributed by atoms with van der Waals surface area (Å²) in [5, 5.41) is 47.8. The van der Waals surface area contributed by atoms with Crippen LogP contribution >= 0.6 is 0 Å². The highest BCUT2D eigenvalue weighted by atomic mass is 16.4. The van der Waals surface area contributed by atoms with Crippen LogP contribution in [0.2, 0.25) is 0 Å². The number of nitrogens with zero attached hydrogens (tertiary/aromatic N) is 4. The number of para-hydroxylation sites is 2. The summed E-state index contributed by atoms with van der Waals surface area (Å²) < 4.78 is 2.82. The van der Waals surface area contributed by atoms with E-state index in [1.807, 2.05) is 6.07 Å². The number of aliphatic hydroxyl groups is 4. The minimum Gasteiger partial charge on any atom is -0.394 e. The van der Waals surface area contributed by atoms with Gasteiger partial charge in [-0.3, -0.25) is 9.20 Å². The summed E-state index contributed by atoms with van der Waals surface area (Å²) in [7, 11) is 0. The van der Waals surface area contributed by atoms with Crippen molar-refractivity contribution < 1.29 is 20.4 Å². The second-order valence-corrected chi connectivity index (χ2v) is 6.37. The second kappa shape index (κ2) is 7.13. The van der Waals surface area contributed by atoms with Crippen molar-refractivity contribution in [3.8, 4) is 5.69 Å². The fourth-order valence-electron chi connectivity index (χ4n) is 3.20. The van der Waals surface area contributed by atoms with Gasteiger partial charge in [-0.1, -0.05) is 30.3 Å². The van der Waals surface area contributed by atoms with E-state index in [2.05, 4.69) is 10.2 Å². The van der Waals surface area contributed by atoms with Crippen molar-refractivity contribution in [2.75, 3.05) is 6.61 Å². The van der Waals surface area contributed by atoms with Crippen LogP contribution in [0.4, 0.5) is 0 Å². The smallest absolute Gasteiger partial charge is 0.267 e. The largest absolute Gasteiger partial charge is 0.394 e. The third kappa shape index (κ3) is 2.77. The van der Waals surface area contributed by atoms with E-state index in [-0.39, 0.29) is 17.2 Å². The molecule has 0 aliphatic carbocycles. The average molecular weight is 382 g/mol. The molecule has 0 spiro atoms. The molecule has 0 radical (unpaired) electrons. The number of fused-ring (bicyclic) bond motifs is 3. The summed E-state index contributed by atoms with van der Waals surface area (Å²) in [5.41, 5.74) is 0.700. The first-order chi connectivity index (χ1) is 13.5. The molecule has 0 saturated carbocycles. The molecule has 2 heterocycles. The zero-order valence-electron chi connectivity index (χ0n) is 14.6. The van der Waals surface area contributed by atoms with E-state index < -0.39 is 24.9 Å². The monoisotopic (exact) mass is 382 g/mol. The van der Waals surface area contributed by atoms with Crippen LogP contribution in [0.1, 0.15) is 11.9 Å². The molecule has 2 aromatic heterocycles. The predicted octanol–water partition coefficient (Wildman–Crippen LogP) is -0.219. The Kier molecular flexibility index (Phi) is 4.65. The Balaban J connectivity index is 2.06. The van der Waals surface area contributed by atoms with Crippen LogP contribution in [-0.4, -0.2) is 58.4 Å². The van der Waals surface area contributed by atoms with Crippen LogP contribution in [0.3, 0.4) is 0 Å². The molecule has 28 heavy (non-hydrogen) atoms. The van der Waals surface area contributed by atoms with Gasteiger partial charge in [-0.25, -0.2) is 4.57 Å². The number of aromatic nitrogens is 4. The van der Waals surface area contributed by atoms with E-state index in [1.54, 1.807) is 48.5 Å². The minimum absolute atomic E-state index is 0.0594. The molecule has 0 bridgehead atoms. The molecule has 3 atom stereocenters. The van der Waals surface area contributed by atoms with Gasteiger partial charge in [0.1, 0.15) is 18.3 Å². The van der Waals surface area contributed by atoms with Crippen LogP contribution in [0.15, 0.2) is 59.4 Å². The summed E-state index contributed by atoms with van der Waals surface area (Å²) >= 11 is 0. The highest BCUT2D eigenvalue weighted by molar-refractivity contribution is 5.81. The zero-order valence-corrected chi connectivity index (χ0v) is 14.6. The maximum Gasteiger partial charge on any atom is 0.267 e. The average Bonchev–Trinajstić information content (AvgIpc) is 3.18. The first-order valence-corrected chi connectivity index (χ1v) is 8.64. The first kappa shape index (κ1) is 18.3. The van der Waals surface area contributed by atoms with Crippen molar-refractivity contribution in [3.63, 3.8) is 0 Å². The molecule has 144 valence electrons. The van der Waals surface area contributed by atoms with Gasteiger partial charge < -0.3 is 20.4 Å². The molecule has 0 aliphatic rings. The molecule has 0 unspecified atom stereocenters. The Bertz CT molecular complexity index is 1190. The number of hydrogen-bond donors (Lipinski definition) is 4. The lowest BCUT2D eigenvalue weighted by Gasteiger charge is -2.20. The molecule has 0 amide bonds. The third-order valence-corrected chi connectivity index (χ3v) is 4.63. The predicted molar refractivity (Wildman–Crippen MR) is 100 cm³/mol. The van der Waals surface area contributed by atoms with Gasteiger partial charge >= 0.3 is 0 Å². The second-order valence-electron chi connectivity index (χ2n) is 6.37. The van der Waals surface area contributed by atoms with Crippen molar-refractivity contribution in [3.05, 3.63) is 70.8 Å². The zero-order chi connectivity index (χ0) is 19.8. The molecular formula is C19H18N4O5. The van der Waals surface area contributed by atoms with Crippen molar-refractivity contribution >= 4 is 16.7 Å². The maximum atomic E-state index is 13.1. The van der Waals surface area contributed by atoms with Crippen LogP contribution in [-0.2, 0) is 0 Å². The molecule has 0 saturated heterocycles. The Morgan fingerprint density at radius 1 is 0.929 bits per heavy atom. The summed E-state index contributed by atoms with van der Waals surface area (Å²) in [6, 6.07) is 15.6. The van der Waals surface area contributed by atoms with Gasteiger partial charge in [0.2, 0.25) is 5.78 Å². The molecule has 4 aromatic rings. The maximum absolute atomic E-state index is 13.1. The highest BCUT2D eigenvalue weighted by Crippen LogP contribution is 2.23. The van der Waals surface area contributed by atoms with Gasteiger partial charge in [-0.15, -0.1) is 10.2 Å². The topological polar surface area (TPSA) is 133 Å². The van der Waals surface area contributed by atoms with Gasteiger partial charge in [0.15, 0.2) is 5.82 Å². The Morgan fingerprint density at radius 2 is 1.61 bits per heavy atom. The number of benzene rings is 2. The molecule has 0 fully saturated rings. The molecule has 2 aromatic carbocycles. The van der Waals surface area contributed by atoms with E-state index >= 15 is 0 Å². The lowest BCUT2D eigenvalue weighted by molar-refractivity contribution is -0.0805. The first-order valence-electron chi connectivity index (χ1n) is 8.64. The SMILES string of the molecule is O=c1c2ccccc2n2c([C@@H](O)[C@H](O)[C@H](O)CO)nnc2n1-c1ccccc1.